The predicted molar refractivity (Wildman–Crippen MR) is 114 cm³/mol. The van der Waals surface area contributed by atoms with Crippen molar-refractivity contribution in [3.8, 4) is 0 Å². The van der Waals surface area contributed by atoms with Gasteiger partial charge in [0.25, 0.3) is 0 Å². The SMILES string of the molecule is COCC(=O)N1CCCN(c2ccc(NC(=O)Nc3cccc(C(F)(F)F)c3)cn2)CC1. The first-order valence-corrected chi connectivity index (χ1v) is 9.99. The van der Waals surface area contributed by atoms with E-state index in [1.807, 2.05) is 4.90 Å². The van der Waals surface area contributed by atoms with Gasteiger partial charge in [0.2, 0.25) is 5.91 Å². The Hall–Kier alpha value is -3.34. The molecule has 0 bridgehead atoms. The smallest absolute Gasteiger partial charge is 0.375 e. The maximum atomic E-state index is 12.8. The van der Waals surface area contributed by atoms with Crippen molar-refractivity contribution in [2.45, 2.75) is 12.6 Å². The van der Waals surface area contributed by atoms with Gasteiger partial charge in [0, 0.05) is 39.0 Å². The Kier molecular flexibility index (Phi) is 7.52. The number of carbonyl (C=O) groups excluding carboxylic acids is 2. The van der Waals surface area contributed by atoms with Crippen molar-refractivity contribution < 1.29 is 27.5 Å². The number of amides is 3. The summed E-state index contributed by atoms with van der Waals surface area (Å²) in [6.45, 7) is 2.61. The number of nitrogens with zero attached hydrogens (tertiary/aromatic N) is 3. The predicted octanol–water partition coefficient (Wildman–Crippen LogP) is 3.43. The molecule has 11 heteroatoms. The highest BCUT2D eigenvalue weighted by Crippen LogP contribution is 2.30. The van der Waals surface area contributed by atoms with Crippen LogP contribution in [0.15, 0.2) is 42.6 Å². The van der Waals surface area contributed by atoms with Gasteiger partial charge in [0.15, 0.2) is 0 Å². The Morgan fingerprint density at radius 3 is 2.53 bits per heavy atom. The molecule has 172 valence electrons. The lowest BCUT2D eigenvalue weighted by Gasteiger charge is -2.23. The maximum absolute atomic E-state index is 12.8. The molecule has 1 aliphatic rings. The summed E-state index contributed by atoms with van der Waals surface area (Å²) in [7, 11) is 1.49. The van der Waals surface area contributed by atoms with Crippen LogP contribution in [0.3, 0.4) is 0 Å². The van der Waals surface area contributed by atoms with Crippen LogP contribution in [0.1, 0.15) is 12.0 Å². The number of hydrogen-bond acceptors (Lipinski definition) is 5. The van der Waals surface area contributed by atoms with Crippen LogP contribution in [0.25, 0.3) is 0 Å². The fourth-order valence-corrected chi connectivity index (χ4v) is 3.32. The monoisotopic (exact) mass is 451 g/mol. The van der Waals surface area contributed by atoms with Crippen molar-refractivity contribution >= 4 is 29.1 Å². The quantitative estimate of drug-likeness (QED) is 0.728. The Morgan fingerprint density at radius 2 is 1.84 bits per heavy atom. The maximum Gasteiger partial charge on any atom is 0.416 e. The number of urea groups is 1. The lowest BCUT2D eigenvalue weighted by atomic mass is 10.2. The largest absolute Gasteiger partial charge is 0.416 e. The minimum atomic E-state index is -4.49. The van der Waals surface area contributed by atoms with Crippen molar-refractivity contribution in [2.75, 3.05) is 55.4 Å². The zero-order valence-corrected chi connectivity index (χ0v) is 17.5. The molecule has 3 amide bonds. The highest BCUT2D eigenvalue weighted by Gasteiger charge is 2.30. The summed E-state index contributed by atoms with van der Waals surface area (Å²) in [6.07, 6.45) is -2.23. The van der Waals surface area contributed by atoms with Crippen molar-refractivity contribution in [3.63, 3.8) is 0 Å². The van der Waals surface area contributed by atoms with E-state index in [0.29, 0.717) is 31.1 Å². The van der Waals surface area contributed by atoms with Crippen LogP contribution in [0, 0.1) is 0 Å². The summed E-state index contributed by atoms with van der Waals surface area (Å²) >= 11 is 0. The molecule has 1 aromatic carbocycles. The van der Waals surface area contributed by atoms with E-state index in [0.717, 1.165) is 25.1 Å². The molecule has 1 fully saturated rings. The molecule has 1 aliphatic heterocycles. The summed E-state index contributed by atoms with van der Waals surface area (Å²) in [5.41, 5.74) is -0.426. The fraction of sp³-hybridized carbons (Fsp3) is 0.381. The summed E-state index contributed by atoms with van der Waals surface area (Å²) < 4.78 is 43.3. The number of hydrogen-bond donors (Lipinski definition) is 2. The van der Waals surface area contributed by atoms with E-state index in [2.05, 4.69) is 15.6 Å². The molecule has 0 spiro atoms. The zero-order chi connectivity index (χ0) is 23.1. The fourth-order valence-electron chi connectivity index (χ4n) is 3.32. The summed E-state index contributed by atoms with van der Waals surface area (Å²) in [5.74, 6) is 0.656. The Labute approximate surface area is 183 Å². The third-order valence-electron chi connectivity index (χ3n) is 4.89. The molecule has 2 aromatic rings. The number of aromatic nitrogens is 1. The number of carbonyl (C=O) groups is 2. The van der Waals surface area contributed by atoms with Gasteiger partial charge in [0.05, 0.1) is 17.4 Å². The van der Waals surface area contributed by atoms with E-state index < -0.39 is 17.8 Å². The average molecular weight is 451 g/mol. The molecule has 1 saturated heterocycles. The van der Waals surface area contributed by atoms with E-state index in [-0.39, 0.29) is 18.2 Å². The van der Waals surface area contributed by atoms with Gasteiger partial charge >= 0.3 is 12.2 Å². The third kappa shape index (κ3) is 6.33. The summed E-state index contributed by atoms with van der Waals surface area (Å²) in [4.78, 5) is 32.3. The standard InChI is InChI=1S/C21H24F3N5O3/c1-32-14-19(30)29-9-3-8-28(10-11-29)18-7-6-17(13-25-18)27-20(31)26-16-5-2-4-15(12-16)21(22,23)24/h2,4-7,12-13H,3,8-11,14H2,1H3,(H2,26,27,31). The Morgan fingerprint density at radius 1 is 1.06 bits per heavy atom. The van der Waals surface area contributed by atoms with Crippen LogP contribution in [0.2, 0.25) is 0 Å². The molecular formula is C21H24F3N5O3. The van der Waals surface area contributed by atoms with Gasteiger partial charge in [-0.25, -0.2) is 9.78 Å². The van der Waals surface area contributed by atoms with Crippen molar-refractivity contribution in [1.29, 1.82) is 0 Å². The zero-order valence-electron chi connectivity index (χ0n) is 17.5. The second kappa shape index (κ2) is 10.3. The second-order valence-corrected chi connectivity index (χ2v) is 7.22. The molecule has 1 aromatic heterocycles. The first-order chi connectivity index (χ1) is 15.3. The van der Waals surface area contributed by atoms with Gasteiger partial charge in [-0.05, 0) is 36.8 Å². The highest BCUT2D eigenvalue weighted by atomic mass is 19.4. The molecule has 3 rings (SSSR count). The minimum absolute atomic E-state index is 0.0269. The molecule has 0 aliphatic carbocycles. The first-order valence-electron chi connectivity index (χ1n) is 9.99. The van der Waals surface area contributed by atoms with E-state index in [1.54, 1.807) is 17.0 Å². The van der Waals surface area contributed by atoms with Gasteiger partial charge in [-0.1, -0.05) is 6.07 Å². The number of rotatable bonds is 5. The average Bonchev–Trinajstić information content (AvgIpc) is 3.00. The van der Waals surface area contributed by atoms with E-state index in [4.69, 9.17) is 4.74 Å². The number of nitrogens with one attached hydrogen (secondary N) is 2. The Balaban J connectivity index is 1.55. The molecule has 32 heavy (non-hydrogen) atoms. The molecule has 2 N–H and O–H groups in total. The topological polar surface area (TPSA) is 86.8 Å². The number of anilines is 3. The van der Waals surface area contributed by atoms with Gasteiger partial charge in [-0.2, -0.15) is 13.2 Å². The molecule has 0 unspecified atom stereocenters. The van der Waals surface area contributed by atoms with Crippen LogP contribution >= 0.6 is 0 Å². The van der Waals surface area contributed by atoms with Crippen LogP contribution in [-0.2, 0) is 15.7 Å². The number of pyridine rings is 1. The normalized spacial score (nSPS) is 14.6. The van der Waals surface area contributed by atoms with Crippen molar-refractivity contribution in [2.24, 2.45) is 0 Å². The van der Waals surface area contributed by atoms with Gasteiger partial charge in [-0.3, -0.25) is 4.79 Å². The van der Waals surface area contributed by atoms with E-state index in [9.17, 15) is 22.8 Å². The van der Waals surface area contributed by atoms with Gasteiger partial charge in [-0.15, -0.1) is 0 Å². The molecule has 0 atom stereocenters. The lowest BCUT2D eigenvalue weighted by Crippen LogP contribution is -2.37. The summed E-state index contributed by atoms with van der Waals surface area (Å²) in [5, 5.41) is 4.93. The van der Waals surface area contributed by atoms with Crippen LogP contribution < -0.4 is 15.5 Å². The molecule has 0 saturated carbocycles. The molecule has 0 radical (unpaired) electrons. The highest BCUT2D eigenvalue weighted by molar-refractivity contribution is 5.99. The molecule has 2 heterocycles. The number of halogens is 3. The number of methoxy groups -OCH3 is 1. The van der Waals surface area contributed by atoms with Crippen LogP contribution in [0.4, 0.5) is 35.2 Å². The second-order valence-electron chi connectivity index (χ2n) is 7.22. The lowest BCUT2D eigenvalue weighted by molar-refractivity contribution is -0.137. The summed E-state index contributed by atoms with van der Waals surface area (Å²) in [6, 6.07) is 7.11. The van der Waals surface area contributed by atoms with Crippen LogP contribution in [-0.4, -0.2) is 61.7 Å². The first kappa shape index (κ1) is 23.3. The number of alkyl halides is 3. The molecular weight excluding hydrogens is 427 g/mol. The van der Waals surface area contributed by atoms with E-state index in [1.165, 1.54) is 25.4 Å². The van der Waals surface area contributed by atoms with Crippen molar-refractivity contribution in [3.05, 3.63) is 48.2 Å². The number of ether oxygens (including phenoxy) is 1. The molecule has 8 nitrogen and oxygen atoms in total. The minimum Gasteiger partial charge on any atom is -0.375 e. The third-order valence-corrected chi connectivity index (χ3v) is 4.89. The van der Waals surface area contributed by atoms with Crippen LogP contribution in [0.5, 0.6) is 0 Å². The van der Waals surface area contributed by atoms with Crippen molar-refractivity contribution in [1.82, 2.24) is 9.88 Å². The number of benzene rings is 1. The van der Waals surface area contributed by atoms with Gasteiger partial charge in [0.1, 0.15) is 12.4 Å². The Bertz CT molecular complexity index is 937. The van der Waals surface area contributed by atoms with Gasteiger partial charge < -0.3 is 25.2 Å². The van der Waals surface area contributed by atoms with E-state index >= 15 is 0 Å².